The number of hydrogen-bond acceptors (Lipinski definition) is 0. The second-order valence-corrected chi connectivity index (χ2v) is 8.72. The Morgan fingerprint density at radius 3 is 2.44 bits per heavy atom. The molecule has 2 aliphatic rings. The topological polar surface area (TPSA) is 0 Å². The molecule has 0 aliphatic heterocycles. The molecule has 0 aromatic carbocycles. The summed E-state index contributed by atoms with van der Waals surface area (Å²) in [5.41, 5.74) is 0. The van der Waals surface area contributed by atoms with Crippen molar-refractivity contribution < 1.29 is 0 Å². The third-order valence-corrected chi connectivity index (χ3v) is 7.20. The quantitative estimate of drug-likeness (QED) is 0.670. The van der Waals surface area contributed by atoms with Crippen LogP contribution in [-0.2, 0) is 0 Å². The average molecular weight is 283 g/mol. The minimum atomic E-state index is 0.785. The summed E-state index contributed by atoms with van der Waals surface area (Å²) in [4.78, 5) is 1.82. The zero-order valence-corrected chi connectivity index (χ0v) is 12.4. The Hall–Kier alpha value is -0.000519. The van der Waals surface area contributed by atoms with Crippen molar-refractivity contribution in [1.82, 2.24) is 0 Å². The van der Waals surface area contributed by atoms with Gasteiger partial charge in [-0.05, 0) is 0 Å². The molecule has 2 rings (SSSR count). The molecule has 0 bridgehead atoms. The van der Waals surface area contributed by atoms with Crippen molar-refractivity contribution in [2.75, 3.05) is 0 Å². The number of allylic oxidation sites excluding steroid dienone is 4. The van der Waals surface area contributed by atoms with Gasteiger partial charge in [0.15, 0.2) is 0 Å². The van der Waals surface area contributed by atoms with Gasteiger partial charge in [-0.1, -0.05) is 0 Å². The summed E-state index contributed by atoms with van der Waals surface area (Å²) >= 11 is 0.785. The van der Waals surface area contributed by atoms with Gasteiger partial charge in [0.1, 0.15) is 0 Å². The van der Waals surface area contributed by atoms with Crippen LogP contribution in [-0.4, -0.2) is 15.0 Å². The first-order valence-corrected chi connectivity index (χ1v) is 8.65. The summed E-state index contributed by atoms with van der Waals surface area (Å²) < 4.78 is 0. The van der Waals surface area contributed by atoms with E-state index in [1.807, 2.05) is 0 Å². The summed E-state index contributed by atoms with van der Waals surface area (Å²) in [6, 6.07) is 0. The van der Waals surface area contributed by atoms with E-state index in [0.29, 0.717) is 0 Å². The van der Waals surface area contributed by atoms with Crippen molar-refractivity contribution >= 4 is 15.0 Å². The maximum atomic E-state index is 2.44. The molecule has 0 nitrogen and oxygen atoms in total. The molecule has 0 aromatic rings. The van der Waals surface area contributed by atoms with Gasteiger partial charge in [0.25, 0.3) is 0 Å². The molecule has 1 heteroatoms. The first-order valence-electron chi connectivity index (χ1n) is 6.67. The Balaban J connectivity index is 1.96. The van der Waals surface area contributed by atoms with E-state index in [0.717, 1.165) is 42.3 Å². The average Bonchev–Trinajstić information content (AvgIpc) is 2.70. The Bertz CT molecular complexity index is 265. The zero-order valence-electron chi connectivity index (χ0n) is 10.7. The van der Waals surface area contributed by atoms with E-state index in [2.05, 4.69) is 45.1 Å². The molecule has 1 saturated carbocycles. The van der Waals surface area contributed by atoms with Gasteiger partial charge in [-0.15, -0.1) is 0 Å². The Morgan fingerprint density at radius 2 is 1.81 bits per heavy atom. The molecule has 0 N–H and O–H groups in total. The van der Waals surface area contributed by atoms with Crippen molar-refractivity contribution in [3.8, 4) is 0 Å². The third-order valence-electron chi connectivity index (χ3n) is 4.01. The van der Waals surface area contributed by atoms with Crippen LogP contribution in [0.2, 0.25) is 9.63 Å². The number of rotatable bonds is 3. The van der Waals surface area contributed by atoms with Crippen molar-refractivity contribution in [1.29, 1.82) is 0 Å². The summed E-state index contributed by atoms with van der Waals surface area (Å²) in [6.07, 6.45) is 13.7. The van der Waals surface area contributed by atoms with Gasteiger partial charge in [-0.2, -0.15) is 0 Å². The van der Waals surface area contributed by atoms with E-state index in [4.69, 9.17) is 0 Å². The summed E-state index contributed by atoms with van der Waals surface area (Å²) in [5, 5.41) is 0. The fourth-order valence-corrected chi connectivity index (χ4v) is 6.87. The first kappa shape index (κ1) is 12.5. The summed E-state index contributed by atoms with van der Waals surface area (Å²) in [7, 11) is 0. The predicted octanol–water partition coefficient (Wildman–Crippen LogP) is 4.49. The van der Waals surface area contributed by atoms with E-state index in [9.17, 15) is 0 Å². The normalized spacial score (nSPS) is 35.1. The standard InChI is InChI=1S/C15H24Se/c1-11(2)14-9-8-12(3)10-15(14)16-13-6-4-5-7-13/h4-7,11-15H,8-10H2,1-3H3/t12-,14+,15+/m1/s1. The Labute approximate surface area is 107 Å². The van der Waals surface area contributed by atoms with Gasteiger partial charge in [0.2, 0.25) is 0 Å². The van der Waals surface area contributed by atoms with Crippen LogP contribution in [0.3, 0.4) is 0 Å². The Morgan fingerprint density at radius 1 is 1.12 bits per heavy atom. The van der Waals surface area contributed by atoms with Gasteiger partial charge < -0.3 is 0 Å². The van der Waals surface area contributed by atoms with E-state index in [1.165, 1.54) is 19.3 Å². The third kappa shape index (κ3) is 3.02. The molecule has 0 spiro atoms. The van der Waals surface area contributed by atoms with Crippen LogP contribution in [0.4, 0.5) is 0 Å². The van der Waals surface area contributed by atoms with Crippen LogP contribution in [0, 0.1) is 17.8 Å². The molecule has 0 aromatic heterocycles. The fourth-order valence-electron chi connectivity index (χ4n) is 2.98. The molecule has 0 radical (unpaired) electrons. The summed E-state index contributed by atoms with van der Waals surface area (Å²) in [5.74, 6) is 2.85. The van der Waals surface area contributed by atoms with E-state index in [1.54, 1.807) is 0 Å². The zero-order chi connectivity index (χ0) is 11.5. The van der Waals surface area contributed by atoms with E-state index >= 15 is 0 Å². The van der Waals surface area contributed by atoms with Crippen LogP contribution >= 0.6 is 0 Å². The minimum absolute atomic E-state index is 0.785. The number of hydrogen-bond donors (Lipinski definition) is 0. The van der Waals surface area contributed by atoms with Crippen molar-refractivity contribution in [3.63, 3.8) is 0 Å². The monoisotopic (exact) mass is 284 g/mol. The molecule has 1 fully saturated rings. The molecular formula is C15H24Se. The van der Waals surface area contributed by atoms with Crippen LogP contribution in [0.25, 0.3) is 0 Å². The molecule has 2 aliphatic carbocycles. The molecular weight excluding hydrogens is 259 g/mol. The second-order valence-electron chi connectivity index (χ2n) is 5.74. The van der Waals surface area contributed by atoms with Gasteiger partial charge in [-0.25, -0.2) is 0 Å². The van der Waals surface area contributed by atoms with Crippen molar-refractivity contribution in [2.45, 2.75) is 49.7 Å². The fraction of sp³-hybridized carbons (Fsp3) is 0.733. The molecule has 0 amide bonds. The molecule has 16 heavy (non-hydrogen) atoms. The van der Waals surface area contributed by atoms with Crippen LogP contribution < -0.4 is 0 Å². The Kier molecular flexibility index (Phi) is 4.33. The first-order chi connectivity index (χ1) is 7.66. The van der Waals surface area contributed by atoms with Gasteiger partial charge in [0, 0.05) is 0 Å². The van der Waals surface area contributed by atoms with Gasteiger partial charge >= 0.3 is 107 Å². The van der Waals surface area contributed by atoms with Gasteiger partial charge in [0.05, 0.1) is 0 Å². The van der Waals surface area contributed by atoms with Crippen LogP contribution in [0.15, 0.2) is 24.3 Å². The SMILES string of the molecule is CC(C)[C@@H]1CC[C@@H](C)C[C@@H]1[Se]C1C=CC=C1. The predicted molar refractivity (Wildman–Crippen MR) is 72.9 cm³/mol. The molecule has 0 saturated heterocycles. The van der Waals surface area contributed by atoms with Crippen molar-refractivity contribution in [3.05, 3.63) is 24.3 Å². The van der Waals surface area contributed by atoms with E-state index in [-0.39, 0.29) is 0 Å². The van der Waals surface area contributed by atoms with Crippen LogP contribution in [0.5, 0.6) is 0 Å². The van der Waals surface area contributed by atoms with E-state index < -0.39 is 0 Å². The molecule has 3 atom stereocenters. The van der Waals surface area contributed by atoms with Crippen molar-refractivity contribution in [2.24, 2.45) is 17.8 Å². The molecule has 0 unspecified atom stereocenters. The molecule has 90 valence electrons. The summed E-state index contributed by atoms with van der Waals surface area (Å²) in [6.45, 7) is 7.29. The maximum absolute atomic E-state index is 2.44. The molecule has 0 heterocycles. The second kappa shape index (κ2) is 5.56. The van der Waals surface area contributed by atoms with Crippen LogP contribution in [0.1, 0.15) is 40.0 Å². The van der Waals surface area contributed by atoms with Gasteiger partial charge in [-0.3, -0.25) is 0 Å².